The quantitative estimate of drug-likeness (QED) is 0.638. The molecule has 0 bridgehead atoms. The molecule has 1 aromatic heterocycles. The third-order valence-electron chi connectivity index (χ3n) is 2.62. The van der Waals surface area contributed by atoms with Crippen LogP contribution in [0.3, 0.4) is 0 Å². The Kier molecular flexibility index (Phi) is 3.82. The predicted molar refractivity (Wildman–Crippen MR) is 77.4 cm³/mol. The summed E-state index contributed by atoms with van der Waals surface area (Å²) in [5, 5.41) is 1.26. The zero-order valence-corrected chi connectivity index (χ0v) is 12.3. The van der Waals surface area contributed by atoms with Crippen LogP contribution < -0.4 is 0 Å². The largest absolute Gasteiger partial charge is 0.141 e. The zero-order valence-electron chi connectivity index (χ0n) is 9.97. The molecule has 3 heteroatoms. The van der Waals surface area contributed by atoms with Crippen LogP contribution in [0, 0.1) is 13.0 Å². The van der Waals surface area contributed by atoms with Crippen molar-refractivity contribution in [3.05, 3.63) is 44.8 Å². The topological polar surface area (TPSA) is 0 Å². The first-order valence-corrected chi connectivity index (χ1v) is 7.04. The van der Waals surface area contributed by atoms with Crippen molar-refractivity contribution in [2.24, 2.45) is 0 Å². The molecular weight excluding hydrogens is 271 g/mol. The Balaban J connectivity index is 2.55. The van der Waals surface area contributed by atoms with Gasteiger partial charge in [-0.2, -0.15) is 0 Å². The number of rotatable bonds is 2. The third-order valence-corrected chi connectivity index (χ3v) is 4.54. The van der Waals surface area contributed by atoms with E-state index in [1.54, 1.807) is 11.3 Å². The molecule has 0 unspecified atom stereocenters. The van der Waals surface area contributed by atoms with Gasteiger partial charge in [-0.3, -0.25) is 0 Å². The van der Waals surface area contributed by atoms with Gasteiger partial charge in [0.1, 0.15) is 0 Å². The van der Waals surface area contributed by atoms with Crippen molar-refractivity contribution in [2.75, 3.05) is 0 Å². The zero-order chi connectivity index (χ0) is 12.6. The lowest BCUT2D eigenvalue weighted by molar-refractivity contribution is 0.865. The van der Waals surface area contributed by atoms with E-state index in [0.29, 0.717) is 16.0 Å². The Hall–Kier alpha value is -0.500. The molecule has 0 aliphatic heterocycles. The van der Waals surface area contributed by atoms with Crippen LogP contribution >= 0.6 is 34.5 Å². The molecule has 0 spiro atoms. The lowest BCUT2D eigenvalue weighted by Gasteiger charge is -2.11. The third kappa shape index (κ3) is 2.52. The van der Waals surface area contributed by atoms with Crippen LogP contribution in [0.1, 0.15) is 30.2 Å². The molecule has 1 heterocycles. The van der Waals surface area contributed by atoms with Crippen molar-refractivity contribution in [3.8, 4) is 10.4 Å². The average Bonchev–Trinajstić information content (AvgIpc) is 2.68. The summed E-state index contributed by atoms with van der Waals surface area (Å²) in [6, 6.07) is 9.34. The summed E-state index contributed by atoms with van der Waals surface area (Å²) in [5.41, 5.74) is 1.95. The van der Waals surface area contributed by atoms with Crippen molar-refractivity contribution in [3.63, 3.8) is 0 Å². The number of benzene rings is 1. The monoisotopic (exact) mass is 283 g/mol. The fourth-order valence-electron chi connectivity index (χ4n) is 1.69. The van der Waals surface area contributed by atoms with Gasteiger partial charge in [0.25, 0.3) is 0 Å². The van der Waals surface area contributed by atoms with E-state index < -0.39 is 0 Å². The molecule has 0 aliphatic carbocycles. The minimum absolute atomic E-state index is 0.333. The molecule has 1 radical (unpaired) electrons. The van der Waals surface area contributed by atoms with Crippen molar-refractivity contribution in [1.29, 1.82) is 0 Å². The summed E-state index contributed by atoms with van der Waals surface area (Å²) in [6.07, 6.45) is 0. The minimum atomic E-state index is 0.333. The molecular formula is C14H13Cl2S. The highest BCUT2D eigenvalue weighted by Crippen LogP contribution is 2.40. The van der Waals surface area contributed by atoms with Gasteiger partial charge < -0.3 is 0 Å². The Morgan fingerprint density at radius 1 is 1.18 bits per heavy atom. The minimum Gasteiger partial charge on any atom is -0.141 e. The Morgan fingerprint density at radius 3 is 2.41 bits per heavy atom. The van der Waals surface area contributed by atoms with Gasteiger partial charge in [0.15, 0.2) is 0 Å². The van der Waals surface area contributed by atoms with Crippen LogP contribution in [-0.2, 0) is 0 Å². The average molecular weight is 284 g/mol. The number of hydrogen-bond acceptors (Lipinski definition) is 1. The molecule has 0 saturated heterocycles. The smallest absolute Gasteiger partial charge is 0.0682 e. The molecule has 2 aromatic rings. The van der Waals surface area contributed by atoms with E-state index in [0.717, 1.165) is 16.0 Å². The molecule has 89 valence electrons. The Labute approximate surface area is 116 Å². The van der Waals surface area contributed by atoms with Gasteiger partial charge in [0, 0.05) is 15.3 Å². The normalized spacial score (nSPS) is 11.2. The van der Waals surface area contributed by atoms with Gasteiger partial charge >= 0.3 is 0 Å². The lowest BCUT2D eigenvalue weighted by Crippen LogP contribution is -1.91. The summed E-state index contributed by atoms with van der Waals surface area (Å²) in [6.45, 7) is 6.25. The van der Waals surface area contributed by atoms with Crippen molar-refractivity contribution in [2.45, 2.75) is 26.7 Å². The van der Waals surface area contributed by atoms with Crippen LogP contribution in [0.15, 0.2) is 18.2 Å². The molecule has 1 aromatic carbocycles. The van der Waals surface area contributed by atoms with Crippen LogP contribution in [-0.4, -0.2) is 0 Å². The number of hydrogen-bond donors (Lipinski definition) is 0. The van der Waals surface area contributed by atoms with Gasteiger partial charge in [-0.05, 0) is 42.7 Å². The first-order chi connectivity index (χ1) is 8.00. The number of aryl methyl sites for hydroxylation is 1. The van der Waals surface area contributed by atoms with E-state index in [1.807, 2.05) is 6.07 Å². The maximum Gasteiger partial charge on any atom is 0.0682 e. The second-order valence-electron chi connectivity index (χ2n) is 4.31. The highest BCUT2D eigenvalue weighted by molar-refractivity contribution is 7.15. The summed E-state index contributed by atoms with van der Waals surface area (Å²) >= 11 is 14.3. The van der Waals surface area contributed by atoms with E-state index >= 15 is 0 Å². The predicted octanol–water partition coefficient (Wildman–Crippen LogP) is 5.95. The molecule has 0 fully saturated rings. The van der Waals surface area contributed by atoms with Gasteiger partial charge in [0.2, 0.25) is 0 Å². The second kappa shape index (κ2) is 5.01. The van der Waals surface area contributed by atoms with E-state index in [-0.39, 0.29) is 0 Å². The Morgan fingerprint density at radius 2 is 1.88 bits per heavy atom. The molecule has 0 amide bonds. The molecule has 17 heavy (non-hydrogen) atoms. The molecule has 2 rings (SSSR count). The number of thiophene rings is 1. The maximum absolute atomic E-state index is 6.34. The van der Waals surface area contributed by atoms with E-state index in [9.17, 15) is 0 Å². The lowest BCUT2D eigenvalue weighted by atomic mass is 10.0. The van der Waals surface area contributed by atoms with Crippen LogP contribution in [0.5, 0.6) is 0 Å². The van der Waals surface area contributed by atoms with Crippen molar-refractivity contribution >= 4 is 34.5 Å². The summed E-state index contributed by atoms with van der Waals surface area (Å²) < 4.78 is 0. The highest BCUT2D eigenvalue weighted by atomic mass is 35.5. The fraction of sp³-hybridized carbons (Fsp3) is 0.286. The van der Waals surface area contributed by atoms with Gasteiger partial charge in [-0.25, -0.2) is 0 Å². The highest BCUT2D eigenvalue weighted by Gasteiger charge is 2.14. The maximum atomic E-state index is 6.34. The first kappa shape index (κ1) is 12.9. The van der Waals surface area contributed by atoms with E-state index in [1.165, 1.54) is 4.88 Å². The van der Waals surface area contributed by atoms with Crippen molar-refractivity contribution < 1.29 is 0 Å². The molecule has 0 N–H and O–H groups in total. The van der Waals surface area contributed by atoms with E-state index in [2.05, 4.69) is 39.0 Å². The fourth-order valence-corrected chi connectivity index (χ4v) is 3.27. The SMILES string of the molecule is Cc1ccc(-c2c[c]c(C(C)C)c(Cl)c2Cl)s1. The standard InChI is InChI=1S/C14H13Cl2S/c1-8(2)10-5-6-11(14(16)13(10)15)12-7-4-9(3)17-12/h4,6-8H,1-3H3. The summed E-state index contributed by atoms with van der Waals surface area (Å²) in [5.74, 6) is 0.333. The summed E-state index contributed by atoms with van der Waals surface area (Å²) in [7, 11) is 0. The number of halogens is 2. The van der Waals surface area contributed by atoms with Gasteiger partial charge in [0.05, 0.1) is 10.0 Å². The van der Waals surface area contributed by atoms with Crippen LogP contribution in [0.2, 0.25) is 10.0 Å². The molecule has 0 nitrogen and oxygen atoms in total. The Bertz CT molecular complexity index is 541. The second-order valence-corrected chi connectivity index (χ2v) is 6.35. The van der Waals surface area contributed by atoms with Crippen LogP contribution in [0.25, 0.3) is 10.4 Å². The molecule has 0 atom stereocenters. The first-order valence-electron chi connectivity index (χ1n) is 5.47. The van der Waals surface area contributed by atoms with Crippen molar-refractivity contribution in [1.82, 2.24) is 0 Å². The molecule has 0 aliphatic rings. The summed E-state index contributed by atoms with van der Waals surface area (Å²) in [4.78, 5) is 2.40. The van der Waals surface area contributed by atoms with Gasteiger partial charge in [-0.1, -0.05) is 37.0 Å². The molecule has 0 saturated carbocycles. The van der Waals surface area contributed by atoms with Crippen LogP contribution in [0.4, 0.5) is 0 Å². The van der Waals surface area contributed by atoms with E-state index in [4.69, 9.17) is 23.2 Å². The van der Waals surface area contributed by atoms with Gasteiger partial charge in [-0.15, -0.1) is 11.3 Å².